The lowest BCUT2D eigenvalue weighted by molar-refractivity contribution is 0.0987. The monoisotopic (exact) mass is 200 g/mol. The first-order chi connectivity index (χ1) is 6.57. The first kappa shape index (κ1) is 10.4. The second-order valence-electron chi connectivity index (χ2n) is 2.68. The largest absolute Gasteiger partial charge is 0.387 e. The summed E-state index contributed by atoms with van der Waals surface area (Å²) in [5.74, 6) is -0.856. The SMILES string of the molecule is CNc1cccc(C(F)F)c1C(N)=O. The molecule has 1 aromatic carbocycles. The molecule has 0 spiro atoms. The number of rotatable bonds is 3. The fourth-order valence-electron chi connectivity index (χ4n) is 1.24. The van der Waals surface area contributed by atoms with Crippen LogP contribution in [0.5, 0.6) is 0 Å². The molecule has 3 nitrogen and oxygen atoms in total. The van der Waals surface area contributed by atoms with Crippen LogP contribution in [-0.2, 0) is 0 Å². The number of nitrogens with one attached hydrogen (secondary N) is 1. The molecule has 3 N–H and O–H groups in total. The lowest BCUT2D eigenvalue weighted by Crippen LogP contribution is -2.16. The molecular formula is C9H10F2N2O. The molecule has 1 aromatic rings. The van der Waals surface area contributed by atoms with Gasteiger partial charge in [0.2, 0.25) is 0 Å². The molecule has 0 aliphatic carbocycles. The van der Waals surface area contributed by atoms with Crippen LogP contribution >= 0.6 is 0 Å². The third-order valence-electron chi connectivity index (χ3n) is 1.85. The molecule has 0 unspecified atom stereocenters. The Morgan fingerprint density at radius 2 is 2.14 bits per heavy atom. The molecule has 0 aromatic heterocycles. The van der Waals surface area contributed by atoms with E-state index >= 15 is 0 Å². The molecule has 0 saturated carbocycles. The Morgan fingerprint density at radius 1 is 1.50 bits per heavy atom. The molecule has 14 heavy (non-hydrogen) atoms. The topological polar surface area (TPSA) is 55.1 Å². The minimum Gasteiger partial charge on any atom is -0.387 e. The number of anilines is 1. The summed E-state index contributed by atoms with van der Waals surface area (Å²) in [6, 6.07) is 4.15. The highest BCUT2D eigenvalue weighted by Gasteiger charge is 2.19. The van der Waals surface area contributed by atoms with Crippen molar-refractivity contribution < 1.29 is 13.6 Å². The van der Waals surface area contributed by atoms with Gasteiger partial charge in [0.25, 0.3) is 12.3 Å². The normalized spacial score (nSPS) is 10.3. The van der Waals surface area contributed by atoms with Crippen molar-refractivity contribution >= 4 is 11.6 Å². The number of alkyl halides is 2. The van der Waals surface area contributed by atoms with E-state index in [9.17, 15) is 13.6 Å². The van der Waals surface area contributed by atoms with Crippen molar-refractivity contribution in [2.75, 3.05) is 12.4 Å². The van der Waals surface area contributed by atoms with Gasteiger partial charge in [0.05, 0.1) is 5.56 Å². The van der Waals surface area contributed by atoms with E-state index in [1.165, 1.54) is 25.2 Å². The summed E-state index contributed by atoms with van der Waals surface area (Å²) in [5.41, 5.74) is 4.84. The standard InChI is InChI=1S/C9H10F2N2O/c1-13-6-4-2-3-5(8(10)11)7(6)9(12)14/h2-4,8,13H,1H3,(H2,12,14). The third-order valence-corrected chi connectivity index (χ3v) is 1.85. The smallest absolute Gasteiger partial charge is 0.264 e. The molecule has 1 rings (SSSR count). The van der Waals surface area contributed by atoms with Gasteiger partial charge in [0.1, 0.15) is 0 Å². The molecule has 5 heteroatoms. The Balaban J connectivity index is 3.35. The van der Waals surface area contributed by atoms with Gasteiger partial charge in [0, 0.05) is 18.3 Å². The maximum absolute atomic E-state index is 12.5. The summed E-state index contributed by atoms with van der Waals surface area (Å²) < 4.78 is 24.9. The van der Waals surface area contributed by atoms with Gasteiger partial charge in [0.15, 0.2) is 0 Å². The summed E-state index contributed by atoms with van der Waals surface area (Å²) in [4.78, 5) is 11.0. The van der Waals surface area contributed by atoms with Gasteiger partial charge < -0.3 is 11.1 Å². The van der Waals surface area contributed by atoms with Crippen LogP contribution in [0.25, 0.3) is 0 Å². The predicted molar refractivity (Wildman–Crippen MR) is 49.5 cm³/mol. The van der Waals surface area contributed by atoms with Crippen molar-refractivity contribution in [2.45, 2.75) is 6.43 Å². The van der Waals surface area contributed by atoms with Crippen molar-refractivity contribution in [1.82, 2.24) is 0 Å². The average Bonchev–Trinajstić information content (AvgIpc) is 2.16. The second-order valence-corrected chi connectivity index (χ2v) is 2.68. The van der Waals surface area contributed by atoms with Gasteiger partial charge in [-0.25, -0.2) is 8.78 Å². The summed E-state index contributed by atoms with van der Waals surface area (Å²) in [6.07, 6.45) is -2.70. The molecule has 0 radical (unpaired) electrons. The molecule has 0 bridgehead atoms. The Labute approximate surface area is 79.9 Å². The van der Waals surface area contributed by atoms with Crippen LogP contribution in [0.3, 0.4) is 0 Å². The van der Waals surface area contributed by atoms with Crippen LogP contribution in [-0.4, -0.2) is 13.0 Å². The highest BCUT2D eigenvalue weighted by atomic mass is 19.3. The number of hydrogen-bond donors (Lipinski definition) is 2. The van der Waals surface area contributed by atoms with Crippen LogP contribution in [0.4, 0.5) is 14.5 Å². The van der Waals surface area contributed by atoms with Crippen molar-refractivity contribution in [3.63, 3.8) is 0 Å². The van der Waals surface area contributed by atoms with Gasteiger partial charge in [-0.1, -0.05) is 12.1 Å². The Hall–Kier alpha value is -1.65. The minimum atomic E-state index is -2.70. The van der Waals surface area contributed by atoms with Gasteiger partial charge in [-0.05, 0) is 6.07 Å². The zero-order chi connectivity index (χ0) is 10.7. The number of benzene rings is 1. The van der Waals surface area contributed by atoms with Crippen molar-refractivity contribution in [3.8, 4) is 0 Å². The Bertz CT molecular complexity index is 353. The summed E-state index contributed by atoms with van der Waals surface area (Å²) in [5, 5.41) is 2.64. The van der Waals surface area contributed by atoms with Crippen LogP contribution in [0, 0.1) is 0 Å². The number of nitrogens with two attached hydrogens (primary N) is 1. The van der Waals surface area contributed by atoms with Crippen LogP contribution in [0.2, 0.25) is 0 Å². The predicted octanol–water partition coefficient (Wildman–Crippen LogP) is 1.76. The molecule has 0 fully saturated rings. The van der Waals surface area contributed by atoms with Crippen molar-refractivity contribution in [2.24, 2.45) is 5.73 Å². The molecule has 0 saturated heterocycles. The first-order valence-corrected chi connectivity index (χ1v) is 3.96. The molecule has 76 valence electrons. The zero-order valence-corrected chi connectivity index (χ0v) is 7.55. The summed E-state index contributed by atoms with van der Waals surface area (Å²) >= 11 is 0. The molecule has 0 aliphatic rings. The highest BCUT2D eigenvalue weighted by Crippen LogP contribution is 2.27. The van der Waals surface area contributed by atoms with Gasteiger partial charge in [-0.2, -0.15) is 0 Å². The Kier molecular flexibility index (Phi) is 3.01. The van der Waals surface area contributed by atoms with Crippen LogP contribution in [0.1, 0.15) is 22.3 Å². The van der Waals surface area contributed by atoms with Gasteiger partial charge in [-0.15, -0.1) is 0 Å². The number of carbonyl (C=O) groups is 1. The molecular weight excluding hydrogens is 190 g/mol. The fourth-order valence-corrected chi connectivity index (χ4v) is 1.24. The van der Waals surface area contributed by atoms with E-state index in [1.54, 1.807) is 0 Å². The molecule has 0 atom stereocenters. The highest BCUT2D eigenvalue weighted by molar-refractivity contribution is 6.00. The summed E-state index contributed by atoms with van der Waals surface area (Å²) in [7, 11) is 1.54. The molecule has 1 amide bonds. The Morgan fingerprint density at radius 3 is 2.57 bits per heavy atom. The number of hydrogen-bond acceptors (Lipinski definition) is 2. The number of amides is 1. The lowest BCUT2D eigenvalue weighted by atomic mass is 10.1. The molecule has 0 heterocycles. The van der Waals surface area contributed by atoms with E-state index in [-0.39, 0.29) is 11.1 Å². The van der Waals surface area contributed by atoms with Gasteiger partial charge >= 0.3 is 0 Å². The van der Waals surface area contributed by atoms with E-state index < -0.39 is 12.3 Å². The van der Waals surface area contributed by atoms with Crippen LogP contribution < -0.4 is 11.1 Å². The van der Waals surface area contributed by atoms with E-state index in [0.29, 0.717) is 5.69 Å². The maximum atomic E-state index is 12.5. The summed E-state index contributed by atoms with van der Waals surface area (Å²) in [6.45, 7) is 0. The van der Waals surface area contributed by atoms with E-state index in [0.717, 1.165) is 0 Å². The average molecular weight is 200 g/mol. The number of halogens is 2. The minimum absolute atomic E-state index is 0.148. The zero-order valence-electron chi connectivity index (χ0n) is 7.55. The van der Waals surface area contributed by atoms with Crippen molar-refractivity contribution in [3.05, 3.63) is 29.3 Å². The van der Waals surface area contributed by atoms with E-state index in [2.05, 4.69) is 5.32 Å². The maximum Gasteiger partial charge on any atom is 0.264 e. The number of primary amides is 1. The number of carbonyl (C=O) groups excluding carboxylic acids is 1. The second kappa shape index (κ2) is 4.04. The van der Waals surface area contributed by atoms with Crippen molar-refractivity contribution in [1.29, 1.82) is 0 Å². The molecule has 0 aliphatic heterocycles. The first-order valence-electron chi connectivity index (χ1n) is 3.96. The fraction of sp³-hybridized carbons (Fsp3) is 0.222. The van der Waals surface area contributed by atoms with Gasteiger partial charge in [-0.3, -0.25) is 4.79 Å². The lowest BCUT2D eigenvalue weighted by Gasteiger charge is -2.10. The quantitative estimate of drug-likeness (QED) is 0.781. The van der Waals surface area contributed by atoms with E-state index in [4.69, 9.17) is 5.73 Å². The van der Waals surface area contributed by atoms with E-state index in [1.807, 2.05) is 0 Å². The third kappa shape index (κ3) is 1.81. The van der Waals surface area contributed by atoms with Crippen LogP contribution in [0.15, 0.2) is 18.2 Å².